The second kappa shape index (κ2) is 10.0. The Morgan fingerprint density at radius 3 is 2.47 bits per heavy atom. The molecule has 4 aromatic rings. The van der Waals surface area contributed by atoms with E-state index in [9.17, 15) is 4.79 Å². The van der Waals surface area contributed by atoms with Crippen molar-refractivity contribution in [1.29, 1.82) is 0 Å². The third-order valence-corrected chi connectivity index (χ3v) is 6.90. The number of anilines is 1. The van der Waals surface area contributed by atoms with Crippen molar-refractivity contribution in [2.24, 2.45) is 0 Å². The van der Waals surface area contributed by atoms with Gasteiger partial charge in [0.15, 0.2) is 11.6 Å². The molecule has 1 aromatic heterocycles. The molecule has 2 heterocycles. The lowest BCUT2D eigenvalue weighted by atomic mass is 9.85. The lowest BCUT2D eigenvalue weighted by molar-refractivity contribution is -0.116. The van der Waals surface area contributed by atoms with E-state index in [0.29, 0.717) is 36.3 Å². The van der Waals surface area contributed by atoms with Gasteiger partial charge in [0.1, 0.15) is 29.9 Å². The second-order valence-corrected chi connectivity index (χ2v) is 9.35. The summed E-state index contributed by atoms with van der Waals surface area (Å²) in [6.45, 7) is 0.458. The maximum absolute atomic E-state index is 13.2. The van der Waals surface area contributed by atoms with Crippen molar-refractivity contribution in [3.8, 4) is 28.6 Å². The van der Waals surface area contributed by atoms with Gasteiger partial charge in [0, 0.05) is 29.3 Å². The normalized spacial score (nSPS) is 16.4. The van der Waals surface area contributed by atoms with Gasteiger partial charge < -0.3 is 19.5 Å². The zero-order valence-electron chi connectivity index (χ0n) is 21.3. The fourth-order valence-corrected chi connectivity index (χ4v) is 5.04. The van der Waals surface area contributed by atoms with E-state index < -0.39 is 6.04 Å². The monoisotopic (exact) mass is 508 g/mol. The molecule has 0 saturated heterocycles. The molecular formula is C30H28N4O4. The number of rotatable bonds is 7. The lowest BCUT2D eigenvalue weighted by Gasteiger charge is -2.32. The maximum atomic E-state index is 13.2. The van der Waals surface area contributed by atoms with Crippen LogP contribution in [0.15, 0.2) is 84.1 Å². The summed E-state index contributed by atoms with van der Waals surface area (Å²) >= 11 is 0. The Hall–Kier alpha value is -4.59. The number of hydrogen-bond acceptors (Lipinski definition) is 7. The zero-order chi connectivity index (χ0) is 26.1. The number of hydrogen-bond donors (Lipinski definition) is 1. The summed E-state index contributed by atoms with van der Waals surface area (Å²) in [5.41, 5.74) is 4.41. The smallest absolute Gasteiger partial charge is 0.226 e. The SMILES string of the molecule is COc1cc(OC)cc(-c2nc3n(n2)C(c2cccc(OCc4ccccc4)c2)C2=C(CCCC2=O)N3)c1. The molecule has 3 aromatic carbocycles. The number of Topliss-reactive ketones (excluding diaryl/α,β-unsaturated/α-hetero) is 1. The van der Waals surface area contributed by atoms with Gasteiger partial charge in [0.05, 0.1) is 14.2 Å². The summed E-state index contributed by atoms with van der Waals surface area (Å²) in [6, 6.07) is 23.1. The van der Waals surface area contributed by atoms with Gasteiger partial charge in [0.25, 0.3) is 0 Å². The summed E-state index contributed by atoms with van der Waals surface area (Å²) in [5, 5.41) is 8.28. The number of allylic oxidation sites excluding steroid dienone is 2. The van der Waals surface area contributed by atoms with E-state index in [4.69, 9.17) is 24.3 Å². The highest BCUT2D eigenvalue weighted by Crippen LogP contribution is 2.41. The van der Waals surface area contributed by atoms with Crippen molar-refractivity contribution in [3.63, 3.8) is 0 Å². The lowest BCUT2D eigenvalue weighted by Crippen LogP contribution is -2.31. The quantitative estimate of drug-likeness (QED) is 0.350. The van der Waals surface area contributed by atoms with E-state index in [-0.39, 0.29) is 5.78 Å². The highest BCUT2D eigenvalue weighted by atomic mass is 16.5. The first-order valence-corrected chi connectivity index (χ1v) is 12.6. The van der Waals surface area contributed by atoms with Crippen LogP contribution < -0.4 is 19.5 Å². The van der Waals surface area contributed by atoms with Crippen LogP contribution in [0.3, 0.4) is 0 Å². The van der Waals surface area contributed by atoms with Crippen LogP contribution in [0.5, 0.6) is 17.2 Å². The molecule has 8 nitrogen and oxygen atoms in total. The molecule has 1 unspecified atom stereocenters. The van der Waals surface area contributed by atoms with E-state index in [1.165, 1.54) is 0 Å². The first-order chi connectivity index (χ1) is 18.6. The largest absolute Gasteiger partial charge is 0.497 e. The van der Waals surface area contributed by atoms with Crippen LogP contribution in [0.2, 0.25) is 0 Å². The Morgan fingerprint density at radius 2 is 1.71 bits per heavy atom. The molecule has 1 N–H and O–H groups in total. The predicted molar refractivity (Wildman–Crippen MR) is 143 cm³/mol. The average Bonchev–Trinajstić information content (AvgIpc) is 3.39. The second-order valence-electron chi connectivity index (χ2n) is 9.35. The van der Waals surface area contributed by atoms with E-state index >= 15 is 0 Å². The number of ketones is 1. The standard InChI is InChI=1S/C30H28N4O4/c1-36-23-15-21(16-24(17-23)37-2)29-32-30-31-25-12-7-13-26(35)27(25)28(34(30)33-29)20-10-6-11-22(14-20)38-18-19-8-4-3-5-9-19/h3-6,8-11,14-17,28H,7,12-13,18H2,1-2H3,(H,31,32,33). The first kappa shape index (κ1) is 23.8. The van der Waals surface area contributed by atoms with Crippen LogP contribution in [-0.4, -0.2) is 34.8 Å². The topological polar surface area (TPSA) is 87.5 Å². The molecule has 0 fully saturated rings. The molecule has 1 aliphatic heterocycles. The summed E-state index contributed by atoms with van der Waals surface area (Å²) < 4.78 is 18.8. The molecule has 192 valence electrons. The Balaban J connectivity index is 1.40. The van der Waals surface area contributed by atoms with Gasteiger partial charge >= 0.3 is 0 Å². The highest BCUT2D eigenvalue weighted by Gasteiger charge is 2.37. The summed E-state index contributed by atoms with van der Waals surface area (Å²) in [5.74, 6) is 3.26. The Morgan fingerprint density at radius 1 is 0.921 bits per heavy atom. The van der Waals surface area contributed by atoms with Gasteiger partial charge in [-0.25, -0.2) is 4.68 Å². The molecule has 8 heteroatoms. The molecule has 1 aliphatic carbocycles. The first-order valence-electron chi connectivity index (χ1n) is 12.6. The van der Waals surface area contributed by atoms with E-state index in [1.807, 2.05) is 66.7 Å². The molecule has 0 radical (unpaired) electrons. The van der Waals surface area contributed by atoms with Gasteiger partial charge in [-0.2, -0.15) is 4.98 Å². The molecule has 2 aliphatic rings. The number of carbonyl (C=O) groups excluding carboxylic acids is 1. The van der Waals surface area contributed by atoms with Crippen LogP contribution >= 0.6 is 0 Å². The van der Waals surface area contributed by atoms with Gasteiger partial charge in [-0.05, 0) is 48.2 Å². The Labute approximate surface area is 220 Å². The molecule has 1 atom stereocenters. The van der Waals surface area contributed by atoms with Crippen LogP contribution in [0.1, 0.15) is 36.4 Å². The molecule has 6 rings (SSSR count). The van der Waals surface area contributed by atoms with Crippen molar-refractivity contribution in [2.75, 3.05) is 19.5 Å². The predicted octanol–water partition coefficient (Wildman–Crippen LogP) is 5.56. The van der Waals surface area contributed by atoms with Crippen molar-refractivity contribution in [2.45, 2.75) is 31.9 Å². The molecule has 0 saturated carbocycles. The summed E-state index contributed by atoms with van der Waals surface area (Å²) in [6.07, 6.45) is 2.12. The number of ether oxygens (including phenoxy) is 3. The fourth-order valence-electron chi connectivity index (χ4n) is 5.04. The average molecular weight is 509 g/mol. The number of carbonyl (C=O) groups is 1. The Kier molecular flexibility index (Phi) is 6.29. The zero-order valence-corrected chi connectivity index (χ0v) is 21.3. The number of fused-ring (bicyclic) bond motifs is 1. The number of nitrogens with one attached hydrogen (secondary N) is 1. The van der Waals surface area contributed by atoms with Crippen molar-refractivity contribution in [1.82, 2.24) is 14.8 Å². The minimum absolute atomic E-state index is 0.130. The molecule has 0 bridgehead atoms. The van der Waals surface area contributed by atoms with Crippen molar-refractivity contribution >= 4 is 11.7 Å². The van der Waals surface area contributed by atoms with E-state index in [1.54, 1.807) is 25.0 Å². The highest BCUT2D eigenvalue weighted by molar-refractivity contribution is 5.99. The minimum atomic E-state index is -0.414. The van der Waals surface area contributed by atoms with Gasteiger partial charge in [-0.3, -0.25) is 4.79 Å². The molecule has 0 amide bonds. The number of benzene rings is 3. The van der Waals surface area contributed by atoms with Gasteiger partial charge in [0.2, 0.25) is 5.95 Å². The third kappa shape index (κ3) is 4.49. The van der Waals surface area contributed by atoms with Crippen LogP contribution in [0.25, 0.3) is 11.4 Å². The van der Waals surface area contributed by atoms with Crippen molar-refractivity contribution in [3.05, 3.63) is 95.2 Å². The number of aromatic nitrogens is 3. The van der Waals surface area contributed by atoms with Gasteiger partial charge in [-0.15, -0.1) is 5.10 Å². The summed E-state index contributed by atoms with van der Waals surface area (Å²) in [7, 11) is 3.22. The van der Waals surface area contributed by atoms with Crippen LogP contribution in [0, 0.1) is 0 Å². The van der Waals surface area contributed by atoms with E-state index in [2.05, 4.69) is 5.32 Å². The third-order valence-electron chi connectivity index (χ3n) is 6.90. The van der Waals surface area contributed by atoms with Gasteiger partial charge in [-0.1, -0.05) is 42.5 Å². The Bertz CT molecular complexity index is 1500. The molecular weight excluding hydrogens is 480 g/mol. The van der Waals surface area contributed by atoms with Crippen molar-refractivity contribution < 1.29 is 19.0 Å². The van der Waals surface area contributed by atoms with Crippen LogP contribution in [-0.2, 0) is 11.4 Å². The molecule has 38 heavy (non-hydrogen) atoms. The maximum Gasteiger partial charge on any atom is 0.226 e. The fraction of sp³-hybridized carbons (Fsp3) is 0.233. The molecule has 0 spiro atoms. The van der Waals surface area contributed by atoms with E-state index in [0.717, 1.165) is 46.6 Å². The minimum Gasteiger partial charge on any atom is -0.497 e. The summed E-state index contributed by atoms with van der Waals surface area (Å²) in [4.78, 5) is 18.1. The number of nitrogens with zero attached hydrogens (tertiary/aromatic N) is 3. The van der Waals surface area contributed by atoms with Crippen LogP contribution in [0.4, 0.5) is 5.95 Å². The number of methoxy groups -OCH3 is 2.